The van der Waals surface area contributed by atoms with Gasteiger partial charge in [-0.1, -0.05) is 30.9 Å². The maximum atomic E-state index is 7.50. The summed E-state index contributed by atoms with van der Waals surface area (Å²) in [5.74, 6) is 7.37. The van der Waals surface area contributed by atoms with Crippen molar-refractivity contribution in [1.29, 1.82) is 0 Å². The molecule has 1 rings (SSSR count). The Bertz CT molecular complexity index is 347. The van der Waals surface area contributed by atoms with Gasteiger partial charge in [-0.15, -0.1) is 0 Å². The van der Waals surface area contributed by atoms with Crippen molar-refractivity contribution in [3.8, 4) is 11.8 Å². The minimum Gasteiger partial charge on any atom is 0 e. The molecule has 0 amide bonds. The van der Waals surface area contributed by atoms with Crippen molar-refractivity contribution >= 4 is 0 Å². The van der Waals surface area contributed by atoms with Crippen LogP contribution < -0.4 is 0 Å². The van der Waals surface area contributed by atoms with Gasteiger partial charge in [0, 0.05) is 45.4 Å². The summed E-state index contributed by atoms with van der Waals surface area (Å²) in [5, 5.41) is 0. The van der Waals surface area contributed by atoms with Gasteiger partial charge in [-0.05, 0) is 13.3 Å². The van der Waals surface area contributed by atoms with Crippen LogP contribution in [0.25, 0.3) is 0 Å². The second kappa shape index (κ2) is 85.1. The van der Waals surface area contributed by atoms with E-state index in [1.54, 1.807) is 0 Å². The molecule has 126 valence electrons. The van der Waals surface area contributed by atoms with Gasteiger partial charge in [0.25, 0.3) is 0 Å². The summed E-state index contributed by atoms with van der Waals surface area (Å²) >= 11 is 0. The van der Waals surface area contributed by atoms with Crippen LogP contribution in [0.1, 0.15) is 20.3 Å². The van der Waals surface area contributed by atoms with Gasteiger partial charge < -0.3 is 0 Å². The van der Waals surface area contributed by atoms with E-state index in [0.29, 0.717) is 11.8 Å². The molecule has 1 aliphatic rings. The Morgan fingerprint density at radius 1 is 0.696 bits per heavy atom. The predicted molar refractivity (Wildman–Crippen MR) is 63.4 cm³/mol. The van der Waals surface area contributed by atoms with Crippen molar-refractivity contribution in [2.45, 2.75) is 20.3 Å². The second-order valence-corrected chi connectivity index (χ2v) is 2.64. The van der Waals surface area contributed by atoms with Gasteiger partial charge >= 0.3 is 67.8 Å². The van der Waals surface area contributed by atoms with Gasteiger partial charge in [-0.3, -0.25) is 0 Å². The Labute approximate surface area is 157 Å². The fourth-order valence-electron chi connectivity index (χ4n) is 0.868. The van der Waals surface area contributed by atoms with Gasteiger partial charge in [0.05, 0.1) is 0 Å². The Balaban J connectivity index is -0.0000000232. The molecular formula is C15H12Co2O6. The molecule has 2 atom stereocenters. The zero-order valence-corrected chi connectivity index (χ0v) is 14.2. The van der Waals surface area contributed by atoms with E-state index < -0.39 is 0 Å². The summed E-state index contributed by atoms with van der Waals surface area (Å²) in [6.45, 7) is 31.3. The zero-order valence-electron chi connectivity index (χ0n) is 12.1. The largest absolute Gasteiger partial charge is 0 e. The molecule has 0 unspecified atom stereocenters. The number of hydrogen-bond acceptors (Lipinski definition) is 0. The molecule has 0 aromatic carbocycles. The monoisotopic (exact) mass is 406 g/mol. The first-order valence-corrected chi connectivity index (χ1v) is 4.69. The van der Waals surface area contributed by atoms with E-state index >= 15 is 0 Å². The Kier molecular flexibility index (Phi) is 183. The molecule has 1 aliphatic carbocycles. The van der Waals surface area contributed by atoms with E-state index in [-0.39, 0.29) is 33.6 Å². The number of rotatable bonds is 0. The van der Waals surface area contributed by atoms with Gasteiger partial charge in [0.2, 0.25) is 0 Å². The Morgan fingerprint density at radius 3 is 1.30 bits per heavy atom. The molecule has 0 spiro atoms. The third kappa shape index (κ3) is 76.7. The molecule has 0 saturated heterocycles. The molecule has 0 aromatic rings. The van der Waals surface area contributed by atoms with E-state index in [9.17, 15) is 0 Å². The van der Waals surface area contributed by atoms with E-state index in [1.807, 2.05) is 0 Å². The van der Waals surface area contributed by atoms with Crippen molar-refractivity contribution in [1.82, 2.24) is 0 Å². The maximum Gasteiger partial charge on any atom is 0 e. The summed E-state index contributed by atoms with van der Waals surface area (Å²) in [6.07, 6.45) is 5.51. The smallest absolute Gasteiger partial charge is 0 e. The molecule has 2 radical (unpaired) electrons. The average molecular weight is 406 g/mol. The number of hydrogen-bond donors (Lipinski definition) is 0. The first-order chi connectivity index (χ1) is 10.3. The minimum atomic E-state index is 0. The van der Waals surface area contributed by atoms with Crippen LogP contribution in [0.15, 0.2) is 12.2 Å². The molecular weight excluding hydrogens is 394 g/mol. The van der Waals surface area contributed by atoms with Crippen LogP contribution in [0.3, 0.4) is 0 Å². The summed E-state index contributed by atoms with van der Waals surface area (Å²) in [5.41, 5.74) is 0. The van der Waals surface area contributed by atoms with Crippen LogP contribution in [0.2, 0.25) is 0 Å². The maximum absolute atomic E-state index is 7.50. The Morgan fingerprint density at radius 2 is 1.00 bits per heavy atom. The molecule has 8 heteroatoms. The van der Waals surface area contributed by atoms with Gasteiger partial charge in [0.15, 0.2) is 0 Å². The van der Waals surface area contributed by atoms with Crippen molar-refractivity contribution in [3.63, 3.8) is 0 Å². The second-order valence-electron chi connectivity index (χ2n) is 2.64. The standard InChI is InChI=1S/C9H12.6CO.2Co/c1-8-4-3-5-9(2)7-6-8;6*1-2;;/h3-4,8-9H,5H2,1-2H3;;;;;;;;/t8-,9-;;;;;;;;/m0......../s1. The first-order valence-electron chi connectivity index (χ1n) is 4.69. The van der Waals surface area contributed by atoms with Crippen LogP contribution in [-0.2, 0) is 61.5 Å². The van der Waals surface area contributed by atoms with Gasteiger partial charge in [-0.2, -0.15) is 0 Å². The van der Waals surface area contributed by atoms with Crippen LogP contribution in [0, 0.1) is 63.6 Å². The van der Waals surface area contributed by atoms with Gasteiger partial charge in [0.1, 0.15) is 0 Å². The van der Waals surface area contributed by atoms with Crippen LogP contribution in [0.5, 0.6) is 0 Å². The minimum absolute atomic E-state index is 0. The van der Waals surface area contributed by atoms with E-state index in [1.165, 1.54) is 0 Å². The molecule has 0 heterocycles. The van der Waals surface area contributed by atoms with E-state index in [4.69, 9.17) is 27.9 Å². The Hall–Kier alpha value is -1.25. The summed E-state index contributed by atoms with van der Waals surface area (Å²) in [6, 6.07) is 0. The molecule has 0 aliphatic heterocycles. The summed E-state index contributed by atoms with van der Waals surface area (Å²) in [4.78, 5) is 0. The molecule has 6 nitrogen and oxygen atoms in total. The third-order valence-electron chi connectivity index (χ3n) is 1.47. The zero-order chi connectivity index (χ0) is 18.7. The summed E-state index contributed by atoms with van der Waals surface area (Å²) < 4.78 is 45.0. The molecule has 0 aromatic heterocycles. The van der Waals surface area contributed by atoms with Gasteiger partial charge in [-0.25, -0.2) is 0 Å². The molecule has 0 N–H and O–H groups in total. The fourth-order valence-corrected chi connectivity index (χ4v) is 0.868. The van der Waals surface area contributed by atoms with E-state index in [2.05, 4.69) is 77.7 Å². The SMILES string of the molecule is C[C@@H]1C#C[C@@H](C)CC=C1.[C-]#[O+].[C-]#[O+].[C-]#[O+].[C-]#[O+].[C-]#[O+].[C-]#[O+].[Co].[Co]. The third-order valence-corrected chi connectivity index (χ3v) is 1.47. The molecule has 0 bridgehead atoms. The number of allylic oxidation sites excluding steroid dienone is 2. The molecule has 23 heavy (non-hydrogen) atoms. The normalized spacial score (nSPS) is 13.3. The predicted octanol–water partition coefficient (Wildman–Crippen LogP) is 1.99. The van der Waals surface area contributed by atoms with Crippen molar-refractivity contribution in [2.24, 2.45) is 11.8 Å². The molecule has 0 fully saturated rings. The van der Waals surface area contributed by atoms with E-state index in [0.717, 1.165) is 6.42 Å². The topological polar surface area (TPSA) is 119 Å². The van der Waals surface area contributed by atoms with Crippen molar-refractivity contribution in [2.75, 3.05) is 0 Å². The van der Waals surface area contributed by atoms with Crippen molar-refractivity contribution < 1.29 is 61.5 Å². The fraction of sp³-hybridized carbons (Fsp3) is 0.333. The summed E-state index contributed by atoms with van der Waals surface area (Å²) in [7, 11) is 0. The first kappa shape index (κ1) is 49.5. The van der Waals surface area contributed by atoms with Crippen LogP contribution in [0.4, 0.5) is 0 Å². The quantitative estimate of drug-likeness (QED) is 0.253. The molecule has 0 saturated carbocycles. The van der Waals surface area contributed by atoms with Crippen molar-refractivity contribution in [3.05, 3.63) is 52.1 Å². The van der Waals surface area contributed by atoms with Crippen LogP contribution >= 0.6 is 0 Å². The van der Waals surface area contributed by atoms with Crippen LogP contribution in [-0.4, -0.2) is 0 Å². The average Bonchev–Trinajstić information content (AvgIpc) is 2.82.